The third-order valence-electron chi connectivity index (χ3n) is 3.48. The molecule has 0 aromatic carbocycles. The number of sulfone groups is 1. The summed E-state index contributed by atoms with van der Waals surface area (Å²) >= 11 is 0. The molecule has 1 aliphatic carbocycles. The summed E-state index contributed by atoms with van der Waals surface area (Å²) in [5.41, 5.74) is 4.23. The average Bonchev–Trinajstić information content (AvgIpc) is 2.69. The van der Waals surface area contributed by atoms with Gasteiger partial charge in [-0.25, -0.2) is 13.4 Å². The maximum atomic E-state index is 13.8. The Morgan fingerprint density at radius 2 is 2.04 bits per heavy atom. The summed E-state index contributed by atoms with van der Waals surface area (Å²) in [6.45, 7) is 3.88. The summed E-state index contributed by atoms with van der Waals surface area (Å²) in [5.74, 6) is -0.249. The molecule has 24 heavy (non-hydrogen) atoms. The molecule has 2 rings (SSSR count). The number of hydrogen-bond donors (Lipinski definition) is 0. The maximum Gasteiger partial charge on any atom is 0.263 e. The number of pyridine rings is 1. The van der Waals surface area contributed by atoms with Crippen molar-refractivity contribution in [2.45, 2.75) is 20.3 Å². The summed E-state index contributed by atoms with van der Waals surface area (Å²) in [5, 5.41) is 0. The standard InChI is InChI=1S/C17H18FNO4S/c1-5-12-10-19-17(16(22-3)11(12)2)23-14-6-7-15(24(4,20)21)9-13(18)8-14/h6-7,9-10H,5H2,1-4H3. The first kappa shape index (κ1) is 18.0. The molecule has 1 aromatic rings. The predicted octanol–water partition coefficient (Wildman–Crippen LogP) is 3.17. The minimum atomic E-state index is -3.54. The lowest BCUT2D eigenvalue weighted by molar-refractivity contribution is 0.354. The smallest absolute Gasteiger partial charge is 0.263 e. The molecule has 0 unspecified atom stereocenters. The Balaban J connectivity index is 2.40. The highest BCUT2D eigenvalue weighted by Crippen LogP contribution is 2.32. The van der Waals surface area contributed by atoms with Crippen LogP contribution in [0.15, 0.2) is 46.6 Å². The van der Waals surface area contributed by atoms with E-state index in [2.05, 4.69) is 10.7 Å². The van der Waals surface area contributed by atoms with Crippen molar-refractivity contribution in [1.29, 1.82) is 0 Å². The Kier molecular flexibility index (Phi) is 5.26. The molecule has 0 atom stereocenters. The van der Waals surface area contributed by atoms with E-state index < -0.39 is 15.7 Å². The molecule has 0 saturated carbocycles. The van der Waals surface area contributed by atoms with Crippen molar-refractivity contribution in [3.63, 3.8) is 0 Å². The molecular formula is C17H18FNO4S. The van der Waals surface area contributed by atoms with Gasteiger partial charge in [0.2, 0.25) is 0 Å². The van der Waals surface area contributed by atoms with Gasteiger partial charge in [-0.05, 0) is 36.8 Å². The fourth-order valence-electron chi connectivity index (χ4n) is 2.19. The van der Waals surface area contributed by atoms with Gasteiger partial charge in [0.25, 0.3) is 5.88 Å². The number of ether oxygens (including phenoxy) is 2. The Morgan fingerprint density at radius 3 is 2.62 bits per heavy atom. The van der Waals surface area contributed by atoms with Crippen molar-refractivity contribution in [3.05, 3.63) is 57.8 Å². The summed E-state index contributed by atoms with van der Waals surface area (Å²) in [4.78, 5) is 4.03. The summed E-state index contributed by atoms with van der Waals surface area (Å²) in [7, 11) is -2.05. The summed E-state index contributed by atoms with van der Waals surface area (Å²) in [6, 6.07) is 0. The van der Waals surface area contributed by atoms with Gasteiger partial charge >= 0.3 is 0 Å². The third-order valence-corrected chi connectivity index (χ3v) is 4.59. The van der Waals surface area contributed by atoms with Gasteiger partial charge < -0.3 is 9.47 Å². The number of aryl methyl sites for hydroxylation is 1. The highest BCUT2D eigenvalue weighted by atomic mass is 32.2. The fraction of sp³-hybridized carbons (Fsp3) is 0.294. The number of allylic oxidation sites excluding steroid dienone is 3. The summed E-state index contributed by atoms with van der Waals surface area (Å²) < 4.78 is 47.8. The van der Waals surface area contributed by atoms with E-state index in [1.807, 2.05) is 13.8 Å². The Hall–Kier alpha value is -2.37. The number of methoxy groups -OCH3 is 1. The lowest BCUT2D eigenvalue weighted by Crippen LogP contribution is -2.02. The van der Waals surface area contributed by atoms with Crippen LogP contribution in [0.25, 0.3) is 0 Å². The SMILES string of the molecule is CCc1cnc(OC2=C=C(F)C=C(S(C)(=O)=O)C=C2)c(OC)c1C. The van der Waals surface area contributed by atoms with Crippen molar-refractivity contribution in [2.24, 2.45) is 0 Å². The van der Waals surface area contributed by atoms with Gasteiger partial charge in [-0.15, -0.1) is 0 Å². The van der Waals surface area contributed by atoms with E-state index >= 15 is 0 Å². The van der Waals surface area contributed by atoms with Crippen LogP contribution >= 0.6 is 0 Å². The molecule has 0 aliphatic heterocycles. The van der Waals surface area contributed by atoms with Crippen LogP contribution in [0.5, 0.6) is 11.6 Å². The number of rotatable bonds is 5. The van der Waals surface area contributed by atoms with Gasteiger partial charge in [0.15, 0.2) is 27.2 Å². The topological polar surface area (TPSA) is 65.5 Å². The van der Waals surface area contributed by atoms with E-state index in [4.69, 9.17) is 9.47 Å². The second-order valence-electron chi connectivity index (χ2n) is 5.19. The number of hydrogen-bond acceptors (Lipinski definition) is 5. The quantitative estimate of drug-likeness (QED) is 0.763. The Morgan fingerprint density at radius 1 is 1.33 bits per heavy atom. The van der Waals surface area contributed by atoms with Crippen LogP contribution in [0.1, 0.15) is 18.1 Å². The first-order chi connectivity index (χ1) is 11.3. The summed E-state index contributed by atoms with van der Waals surface area (Å²) in [6.07, 6.45) is 6.91. The molecule has 0 bridgehead atoms. The first-order valence-electron chi connectivity index (χ1n) is 7.22. The van der Waals surface area contributed by atoms with Gasteiger partial charge in [0.05, 0.1) is 12.0 Å². The lowest BCUT2D eigenvalue weighted by Gasteiger charge is -2.13. The number of halogens is 1. The molecule has 1 heterocycles. The molecular weight excluding hydrogens is 333 g/mol. The molecule has 0 spiro atoms. The fourth-order valence-corrected chi connectivity index (χ4v) is 2.82. The van der Waals surface area contributed by atoms with E-state index in [1.54, 1.807) is 6.20 Å². The zero-order valence-electron chi connectivity index (χ0n) is 13.9. The van der Waals surface area contributed by atoms with Crippen molar-refractivity contribution >= 4 is 9.84 Å². The van der Waals surface area contributed by atoms with Crippen LogP contribution in [0, 0.1) is 6.92 Å². The monoisotopic (exact) mass is 351 g/mol. The van der Waals surface area contributed by atoms with Crippen LogP contribution in [-0.4, -0.2) is 26.8 Å². The molecule has 1 aromatic heterocycles. The molecule has 0 saturated heterocycles. The van der Waals surface area contributed by atoms with Crippen LogP contribution in [0.3, 0.4) is 0 Å². The van der Waals surface area contributed by atoms with Crippen molar-refractivity contribution in [3.8, 4) is 11.6 Å². The van der Waals surface area contributed by atoms with Gasteiger partial charge in [-0.1, -0.05) is 6.92 Å². The number of nitrogens with zero attached hydrogens (tertiary/aromatic N) is 1. The van der Waals surface area contributed by atoms with E-state index in [-0.39, 0.29) is 16.5 Å². The van der Waals surface area contributed by atoms with Gasteiger partial charge in [-0.3, -0.25) is 0 Å². The zero-order chi connectivity index (χ0) is 17.9. The van der Waals surface area contributed by atoms with Gasteiger partial charge in [0, 0.05) is 24.1 Å². The third kappa shape index (κ3) is 3.93. The maximum absolute atomic E-state index is 13.8. The van der Waals surface area contributed by atoms with Crippen LogP contribution in [0.2, 0.25) is 0 Å². The molecule has 0 radical (unpaired) electrons. The molecule has 0 N–H and O–H groups in total. The normalized spacial score (nSPS) is 14.5. The molecule has 0 amide bonds. The molecule has 7 heteroatoms. The Labute approximate surface area is 140 Å². The van der Waals surface area contributed by atoms with E-state index in [0.29, 0.717) is 5.75 Å². The molecule has 1 aliphatic rings. The van der Waals surface area contributed by atoms with Gasteiger partial charge in [0.1, 0.15) is 0 Å². The predicted molar refractivity (Wildman–Crippen MR) is 89.2 cm³/mol. The highest BCUT2D eigenvalue weighted by Gasteiger charge is 2.16. The second-order valence-corrected chi connectivity index (χ2v) is 7.21. The first-order valence-corrected chi connectivity index (χ1v) is 9.12. The van der Waals surface area contributed by atoms with Crippen molar-refractivity contribution < 1.29 is 22.3 Å². The zero-order valence-corrected chi connectivity index (χ0v) is 14.7. The number of aromatic nitrogens is 1. The van der Waals surface area contributed by atoms with E-state index in [1.165, 1.54) is 19.3 Å². The highest BCUT2D eigenvalue weighted by molar-refractivity contribution is 7.94. The molecule has 5 nitrogen and oxygen atoms in total. The second kappa shape index (κ2) is 7.03. The lowest BCUT2D eigenvalue weighted by atomic mass is 10.1. The van der Waals surface area contributed by atoms with E-state index in [9.17, 15) is 12.8 Å². The van der Waals surface area contributed by atoms with Crippen molar-refractivity contribution in [1.82, 2.24) is 4.98 Å². The minimum absolute atomic E-state index is 0.00292. The molecule has 0 fully saturated rings. The van der Waals surface area contributed by atoms with Crippen LogP contribution in [0.4, 0.5) is 4.39 Å². The Bertz CT molecular complexity index is 891. The minimum Gasteiger partial charge on any atom is -0.491 e. The van der Waals surface area contributed by atoms with E-state index in [0.717, 1.165) is 29.9 Å². The largest absolute Gasteiger partial charge is 0.491 e. The van der Waals surface area contributed by atoms with Crippen LogP contribution in [-0.2, 0) is 16.3 Å². The van der Waals surface area contributed by atoms with Gasteiger partial charge in [-0.2, -0.15) is 4.39 Å². The van der Waals surface area contributed by atoms with Crippen LogP contribution < -0.4 is 9.47 Å². The average molecular weight is 351 g/mol. The molecule has 128 valence electrons. The van der Waals surface area contributed by atoms with Crippen molar-refractivity contribution in [2.75, 3.05) is 13.4 Å².